The van der Waals surface area contributed by atoms with Crippen LogP contribution in [-0.4, -0.2) is 39.5 Å². The fraction of sp³-hybridized carbons (Fsp3) is 0.583. The summed E-state index contributed by atoms with van der Waals surface area (Å²) in [7, 11) is -2.90. The van der Waals surface area contributed by atoms with Crippen LogP contribution in [-0.2, 0) is 22.7 Å². The maximum absolute atomic E-state index is 12.0. The van der Waals surface area contributed by atoms with Crippen molar-refractivity contribution in [3.63, 3.8) is 0 Å². The van der Waals surface area contributed by atoms with Crippen LogP contribution in [0.25, 0.3) is 5.78 Å². The van der Waals surface area contributed by atoms with Gasteiger partial charge in [-0.2, -0.15) is 9.50 Å². The number of aromatic amines is 1. The van der Waals surface area contributed by atoms with Gasteiger partial charge in [-0.15, -0.1) is 0 Å². The molecule has 1 aliphatic rings. The lowest BCUT2D eigenvalue weighted by Gasteiger charge is -2.05. The van der Waals surface area contributed by atoms with Crippen LogP contribution < -0.4 is 5.56 Å². The lowest BCUT2D eigenvalue weighted by Crippen LogP contribution is -2.17. The highest BCUT2D eigenvalue weighted by Gasteiger charge is 2.28. The smallest absolute Gasteiger partial charge is 0.274 e. The Balaban J connectivity index is 1.91. The molecule has 108 valence electrons. The SMILES string of the molecule is CCc1nc2nc(C[C@@H]3CCS(=O)(=O)C3)cc(=O)n2[nH]1. The molecule has 2 aromatic heterocycles. The van der Waals surface area contributed by atoms with Crippen molar-refractivity contribution in [3.05, 3.63) is 27.9 Å². The molecule has 0 amide bonds. The van der Waals surface area contributed by atoms with E-state index in [1.807, 2.05) is 6.92 Å². The topological polar surface area (TPSA) is 97.2 Å². The van der Waals surface area contributed by atoms with Crippen molar-refractivity contribution in [2.75, 3.05) is 11.5 Å². The third-order valence-electron chi connectivity index (χ3n) is 3.59. The number of aromatic nitrogens is 4. The van der Waals surface area contributed by atoms with Crippen molar-refractivity contribution < 1.29 is 8.42 Å². The molecule has 0 aromatic carbocycles. The number of nitrogens with zero attached hydrogens (tertiary/aromatic N) is 3. The predicted molar refractivity (Wildman–Crippen MR) is 73.5 cm³/mol. The average molecular weight is 296 g/mol. The van der Waals surface area contributed by atoms with Crippen LogP contribution in [0.4, 0.5) is 0 Å². The van der Waals surface area contributed by atoms with Crippen LogP contribution in [0.1, 0.15) is 24.9 Å². The Morgan fingerprint density at radius 2 is 2.25 bits per heavy atom. The summed E-state index contributed by atoms with van der Waals surface area (Å²) in [5.74, 6) is 1.54. The Labute approximate surface area is 116 Å². The molecule has 0 radical (unpaired) electrons. The van der Waals surface area contributed by atoms with E-state index in [1.165, 1.54) is 10.6 Å². The maximum Gasteiger partial charge on any atom is 0.274 e. The summed E-state index contributed by atoms with van der Waals surface area (Å²) in [6, 6.07) is 1.45. The van der Waals surface area contributed by atoms with E-state index in [0.29, 0.717) is 36.6 Å². The van der Waals surface area contributed by atoms with Gasteiger partial charge in [-0.1, -0.05) is 6.92 Å². The Morgan fingerprint density at radius 1 is 1.45 bits per heavy atom. The van der Waals surface area contributed by atoms with Crippen LogP contribution in [0.3, 0.4) is 0 Å². The number of H-pyrrole nitrogens is 1. The molecule has 0 aliphatic carbocycles. The van der Waals surface area contributed by atoms with Crippen LogP contribution in [0, 0.1) is 5.92 Å². The van der Waals surface area contributed by atoms with E-state index in [0.717, 1.165) is 0 Å². The Kier molecular flexibility index (Phi) is 3.12. The van der Waals surface area contributed by atoms with E-state index in [-0.39, 0.29) is 23.0 Å². The minimum Gasteiger partial charge on any atom is -0.275 e. The molecule has 1 aliphatic heterocycles. The van der Waals surface area contributed by atoms with Gasteiger partial charge in [-0.3, -0.25) is 9.89 Å². The lowest BCUT2D eigenvalue weighted by molar-refractivity contribution is 0.576. The molecule has 0 saturated carbocycles. The van der Waals surface area contributed by atoms with Gasteiger partial charge >= 0.3 is 0 Å². The van der Waals surface area contributed by atoms with Crippen LogP contribution in [0.5, 0.6) is 0 Å². The minimum absolute atomic E-state index is 0.0546. The van der Waals surface area contributed by atoms with Gasteiger partial charge in [0.25, 0.3) is 11.3 Å². The molecule has 8 heteroatoms. The number of aryl methyl sites for hydroxylation is 1. The summed E-state index contributed by atoms with van der Waals surface area (Å²) in [6.07, 6.45) is 1.85. The minimum atomic E-state index is -2.90. The largest absolute Gasteiger partial charge is 0.275 e. The fourth-order valence-electron chi connectivity index (χ4n) is 2.56. The molecule has 2 aromatic rings. The summed E-state index contributed by atoms with van der Waals surface area (Å²) in [5, 5.41) is 2.88. The van der Waals surface area contributed by atoms with Crippen molar-refractivity contribution in [2.45, 2.75) is 26.2 Å². The van der Waals surface area contributed by atoms with Crippen molar-refractivity contribution in [3.8, 4) is 0 Å². The highest BCUT2D eigenvalue weighted by molar-refractivity contribution is 7.91. The summed E-state index contributed by atoms with van der Waals surface area (Å²) < 4.78 is 24.2. The second-order valence-corrected chi connectivity index (χ2v) is 7.45. The second kappa shape index (κ2) is 4.69. The van der Waals surface area contributed by atoms with Crippen molar-refractivity contribution in [1.82, 2.24) is 19.6 Å². The molecule has 1 saturated heterocycles. The summed E-state index contributed by atoms with van der Waals surface area (Å²) >= 11 is 0. The van der Waals surface area contributed by atoms with Gasteiger partial charge in [-0.25, -0.2) is 13.4 Å². The monoisotopic (exact) mass is 296 g/mol. The van der Waals surface area contributed by atoms with E-state index in [4.69, 9.17) is 0 Å². The molecule has 7 nitrogen and oxygen atoms in total. The highest BCUT2D eigenvalue weighted by atomic mass is 32.2. The molecule has 20 heavy (non-hydrogen) atoms. The molecular formula is C12H16N4O3S. The van der Waals surface area contributed by atoms with Gasteiger partial charge in [-0.05, 0) is 18.8 Å². The van der Waals surface area contributed by atoms with E-state index < -0.39 is 9.84 Å². The normalized spacial score (nSPS) is 21.6. The van der Waals surface area contributed by atoms with Crippen LogP contribution in [0.15, 0.2) is 10.9 Å². The second-order valence-electron chi connectivity index (χ2n) is 5.22. The van der Waals surface area contributed by atoms with E-state index >= 15 is 0 Å². The third kappa shape index (κ3) is 2.47. The zero-order valence-electron chi connectivity index (χ0n) is 11.2. The molecule has 0 unspecified atom stereocenters. The number of sulfone groups is 1. The third-order valence-corrected chi connectivity index (χ3v) is 5.43. The Bertz CT molecular complexity index is 806. The molecular weight excluding hydrogens is 280 g/mol. The van der Waals surface area contributed by atoms with Crippen LogP contribution >= 0.6 is 0 Å². The van der Waals surface area contributed by atoms with Gasteiger partial charge < -0.3 is 0 Å². The molecule has 1 atom stereocenters. The van der Waals surface area contributed by atoms with Crippen LogP contribution in [0.2, 0.25) is 0 Å². The fourth-order valence-corrected chi connectivity index (χ4v) is 4.42. The summed E-state index contributed by atoms with van der Waals surface area (Å²) in [6.45, 7) is 1.94. The number of nitrogens with one attached hydrogen (secondary N) is 1. The maximum atomic E-state index is 12.0. The molecule has 1 fully saturated rings. The summed E-state index contributed by atoms with van der Waals surface area (Å²) in [4.78, 5) is 20.5. The van der Waals surface area contributed by atoms with E-state index in [1.54, 1.807) is 0 Å². The Morgan fingerprint density at radius 3 is 2.90 bits per heavy atom. The van der Waals surface area contributed by atoms with Crippen molar-refractivity contribution in [1.29, 1.82) is 0 Å². The average Bonchev–Trinajstić information content (AvgIpc) is 2.93. The molecule has 0 bridgehead atoms. The zero-order valence-corrected chi connectivity index (χ0v) is 12.0. The van der Waals surface area contributed by atoms with Gasteiger partial charge in [0.15, 0.2) is 9.84 Å². The lowest BCUT2D eigenvalue weighted by atomic mass is 10.0. The quantitative estimate of drug-likeness (QED) is 0.857. The molecule has 0 spiro atoms. The number of hydrogen-bond acceptors (Lipinski definition) is 5. The van der Waals surface area contributed by atoms with Gasteiger partial charge in [0.05, 0.1) is 17.2 Å². The zero-order chi connectivity index (χ0) is 14.3. The first-order valence-corrected chi connectivity index (χ1v) is 8.47. The standard InChI is InChI=1S/C12H16N4O3S/c1-2-10-14-12-13-9(6-11(17)16(12)15-10)5-8-3-4-20(18,19)7-8/h6,8H,2-5,7H2,1H3,(H,13,14,15)/t8-/m0/s1. The van der Waals surface area contributed by atoms with Gasteiger partial charge in [0, 0.05) is 12.5 Å². The first-order valence-electron chi connectivity index (χ1n) is 6.65. The van der Waals surface area contributed by atoms with Crippen molar-refractivity contribution in [2.24, 2.45) is 5.92 Å². The molecule has 3 rings (SSSR count). The number of fused-ring (bicyclic) bond motifs is 1. The summed E-state index contributed by atoms with van der Waals surface area (Å²) in [5.41, 5.74) is 0.407. The van der Waals surface area contributed by atoms with Gasteiger partial charge in [0.2, 0.25) is 0 Å². The Hall–Kier alpha value is -1.70. The predicted octanol–water partition coefficient (Wildman–Crippen LogP) is -0.0428. The number of rotatable bonds is 3. The van der Waals surface area contributed by atoms with E-state index in [2.05, 4.69) is 15.1 Å². The highest BCUT2D eigenvalue weighted by Crippen LogP contribution is 2.21. The van der Waals surface area contributed by atoms with Gasteiger partial charge in [0.1, 0.15) is 5.82 Å². The first-order chi connectivity index (χ1) is 9.47. The molecule has 3 heterocycles. The first kappa shape index (κ1) is 13.3. The molecule has 1 N–H and O–H groups in total. The number of hydrogen-bond donors (Lipinski definition) is 1. The van der Waals surface area contributed by atoms with E-state index in [9.17, 15) is 13.2 Å². The van der Waals surface area contributed by atoms with Crippen molar-refractivity contribution >= 4 is 15.6 Å².